The fraction of sp³-hybridized carbons (Fsp3) is 0.136. The number of amides is 4. The SMILES string of the molecule is C=CCN1C(=O)NC(=O)/C(=C/c2ccc(OC)c(OCc3c(F)cccc3Cl)c2)C1=O. The summed E-state index contributed by atoms with van der Waals surface area (Å²) >= 11 is 6.03. The van der Waals surface area contributed by atoms with E-state index < -0.39 is 23.7 Å². The number of benzene rings is 2. The monoisotopic (exact) mass is 444 g/mol. The summed E-state index contributed by atoms with van der Waals surface area (Å²) in [5.41, 5.74) is 0.381. The van der Waals surface area contributed by atoms with Gasteiger partial charge in [0.25, 0.3) is 11.8 Å². The van der Waals surface area contributed by atoms with Gasteiger partial charge in [0.05, 0.1) is 12.1 Å². The van der Waals surface area contributed by atoms with Crippen molar-refractivity contribution in [2.45, 2.75) is 6.61 Å². The summed E-state index contributed by atoms with van der Waals surface area (Å²) in [4.78, 5) is 37.4. The maximum Gasteiger partial charge on any atom is 0.331 e. The predicted molar refractivity (Wildman–Crippen MR) is 112 cm³/mol. The lowest BCUT2D eigenvalue weighted by molar-refractivity contribution is -0.129. The minimum absolute atomic E-state index is 0.0460. The van der Waals surface area contributed by atoms with Crippen molar-refractivity contribution in [3.8, 4) is 11.5 Å². The van der Waals surface area contributed by atoms with Gasteiger partial charge in [-0.25, -0.2) is 9.18 Å². The second-order valence-electron chi connectivity index (χ2n) is 6.42. The van der Waals surface area contributed by atoms with Crippen molar-refractivity contribution in [3.63, 3.8) is 0 Å². The van der Waals surface area contributed by atoms with Crippen LogP contribution in [0.15, 0.2) is 54.6 Å². The number of rotatable bonds is 7. The van der Waals surface area contributed by atoms with E-state index in [1.807, 2.05) is 0 Å². The summed E-state index contributed by atoms with van der Waals surface area (Å²) in [6, 6.07) is 8.19. The fourth-order valence-corrected chi connectivity index (χ4v) is 3.09. The molecule has 0 atom stereocenters. The third kappa shape index (κ3) is 4.75. The molecule has 0 bridgehead atoms. The number of nitrogens with one attached hydrogen (secondary N) is 1. The molecule has 3 rings (SSSR count). The fourth-order valence-electron chi connectivity index (χ4n) is 2.87. The maximum absolute atomic E-state index is 14.0. The molecule has 0 saturated carbocycles. The highest BCUT2D eigenvalue weighted by molar-refractivity contribution is 6.31. The van der Waals surface area contributed by atoms with Gasteiger partial charge in [-0.3, -0.25) is 19.8 Å². The van der Waals surface area contributed by atoms with E-state index in [4.69, 9.17) is 21.1 Å². The van der Waals surface area contributed by atoms with Crippen LogP contribution in [0.2, 0.25) is 5.02 Å². The molecular weight excluding hydrogens is 427 g/mol. The topological polar surface area (TPSA) is 84.9 Å². The van der Waals surface area contributed by atoms with Gasteiger partial charge in [0, 0.05) is 12.1 Å². The number of carbonyl (C=O) groups excluding carboxylic acids is 3. The van der Waals surface area contributed by atoms with Crippen molar-refractivity contribution in [1.82, 2.24) is 10.2 Å². The molecule has 1 N–H and O–H groups in total. The zero-order chi connectivity index (χ0) is 22.5. The molecule has 1 heterocycles. The second kappa shape index (κ2) is 9.44. The number of methoxy groups -OCH3 is 1. The van der Waals surface area contributed by atoms with E-state index >= 15 is 0 Å². The highest BCUT2D eigenvalue weighted by Crippen LogP contribution is 2.31. The molecule has 9 heteroatoms. The first-order chi connectivity index (χ1) is 14.8. The Hall–Kier alpha value is -3.65. The molecular formula is C22H18ClFN2O5. The number of urea groups is 1. The number of carbonyl (C=O) groups is 3. The molecule has 2 aromatic carbocycles. The Bertz CT molecular complexity index is 1080. The largest absolute Gasteiger partial charge is 0.493 e. The number of halogens is 2. The summed E-state index contributed by atoms with van der Waals surface area (Å²) in [6.45, 7) is 3.29. The van der Waals surface area contributed by atoms with Crippen LogP contribution in [0.3, 0.4) is 0 Å². The number of imide groups is 2. The summed E-state index contributed by atoms with van der Waals surface area (Å²) < 4.78 is 25.0. The highest BCUT2D eigenvalue weighted by Gasteiger charge is 2.34. The Morgan fingerprint density at radius 3 is 2.65 bits per heavy atom. The van der Waals surface area contributed by atoms with Gasteiger partial charge >= 0.3 is 6.03 Å². The Kier molecular flexibility index (Phi) is 6.71. The maximum atomic E-state index is 14.0. The van der Waals surface area contributed by atoms with Crippen LogP contribution in [-0.2, 0) is 16.2 Å². The van der Waals surface area contributed by atoms with Crippen molar-refractivity contribution < 1.29 is 28.2 Å². The summed E-state index contributed by atoms with van der Waals surface area (Å²) in [5.74, 6) is -1.46. The number of hydrogen-bond acceptors (Lipinski definition) is 5. The molecule has 7 nitrogen and oxygen atoms in total. The van der Waals surface area contributed by atoms with Gasteiger partial charge in [0.2, 0.25) is 0 Å². The van der Waals surface area contributed by atoms with E-state index in [1.165, 1.54) is 37.5 Å². The molecule has 0 radical (unpaired) electrons. The number of hydrogen-bond donors (Lipinski definition) is 1. The van der Waals surface area contributed by atoms with E-state index in [1.54, 1.807) is 18.2 Å². The average Bonchev–Trinajstić information content (AvgIpc) is 2.74. The van der Waals surface area contributed by atoms with Crippen LogP contribution < -0.4 is 14.8 Å². The van der Waals surface area contributed by atoms with Crippen LogP contribution in [0, 0.1) is 5.82 Å². The normalized spacial score (nSPS) is 15.1. The lowest BCUT2D eigenvalue weighted by Crippen LogP contribution is -2.54. The Balaban J connectivity index is 1.91. The van der Waals surface area contributed by atoms with Gasteiger partial charge in [-0.15, -0.1) is 6.58 Å². The van der Waals surface area contributed by atoms with Crippen molar-refractivity contribution >= 4 is 35.5 Å². The van der Waals surface area contributed by atoms with Crippen LogP contribution in [0.5, 0.6) is 11.5 Å². The molecule has 0 aromatic heterocycles. The lowest BCUT2D eigenvalue weighted by Gasteiger charge is -2.25. The first-order valence-corrected chi connectivity index (χ1v) is 9.47. The Labute approximate surface area is 182 Å². The van der Waals surface area contributed by atoms with E-state index in [9.17, 15) is 18.8 Å². The lowest BCUT2D eigenvalue weighted by atomic mass is 10.1. The summed E-state index contributed by atoms with van der Waals surface area (Å²) in [6.07, 6.45) is 2.70. The van der Waals surface area contributed by atoms with Gasteiger partial charge < -0.3 is 9.47 Å². The molecule has 4 amide bonds. The minimum Gasteiger partial charge on any atom is -0.493 e. The number of nitrogens with zero attached hydrogens (tertiary/aromatic N) is 1. The number of ether oxygens (including phenoxy) is 2. The average molecular weight is 445 g/mol. The molecule has 1 saturated heterocycles. The van der Waals surface area contributed by atoms with Crippen molar-refractivity contribution in [1.29, 1.82) is 0 Å². The highest BCUT2D eigenvalue weighted by atomic mass is 35.5. The zero-order valence-electron chi connectivity index (χ0n) is 16.5. The van der Waals surface area contributed by atoms with Crippen LogP contribution >= 0.6 is 11.6 Å². The minimum atomic E-state index is -0.813. The van der Waals surface area contributed by atoms with Gasteiger partial charge in [0.15, 0.2) is 11.5 Å². The van der Waals surface area contributed by atoms with Gasteiger partial charge in [-0.1, -0.05) is 29.8 Å². The second-order valence-corrected chi connectivity index (χ2v) is 6.83. The van der Waals surface area contributed by atoms with Gasteiger partial charge in [-0.05, 0) is 35.9 Å². The summed E-state index contributed by atoms with van der Waals surface area (Å²) in [7, 11) is 1.44. The third-order valence-corrected chi connectivity index (χ3v) is 4.78. The van der Waals surface area contributed by atoms with Gasteiger partial charge in [0.1, 0.15) is 18.0 Å². The molecule has 31 heavy (non-hydrogen) atoms. The van der Waals surface area contributed by atoms with Crippen LogP contribution in [-0.4, -0.2) is 36.4 Å². The Morgan fingerprint density at radius 1 is 1.19 bits per heavy atom. The number of barbiturate groups is 1. The Morgan fingerprint density at radius 2 is 1.97 bits per heavy atom. The van der Waals surface area contributed by atoms with Crippen molar-refractivity contribution in [2.24, 2.45) is 0 Å². The van der Waals surface area contributed by atoms with Crippen molar-refractivity contribution in [2.75, 3.05) is 13.7 Å². The van der Waals surface area contributed by atoms with Crippen LogP contribution in [0.1, 0.15) is 11.1 Å². The van der Waals surface area contributed by atoms with E-state index in [2.05, 4.69) is 11.9 Å². The molecule has 160 valence electrons. The smallest absolute Gasteiger partial charge is 0.331 e. The van der Waals surface area contributed by atoms with Gasteiger partial charge in [-0.2, -0.15) is 0 Å². The molecule has 1 fully saturated rings. The van der Waals surface area contributed by atoms with E-state index in [0.717, 1.165) is 4.90 Å². The van der Waals surface area contributed by atoms with Crippen LogP contribution in [0.25, 0.3) is 6.08 Å². The first-order valence-electron chi connectivity index (χ1n) is 9.09. The third-order valence-electron chi connectivity index (χ3n) is 4.43. The molecule has 0 aliphatic carbocycles. The molecule has 1 aliphatic rings. The molecule has 0 spiro atoms. The first kappa shape index (κ1) is 22.0. The van der Waals surface area contributed by atoms with E-state index in [0.29, 0.717) is 11.3 Å². The zero-order valence-corrected chi connectivity index (χ0v) is 17.2. The quantitative estimate of drug-likeness (QED) is 0.400. The van der Waals surface area contributed by atoms with Crippen LogP contribution in [0.4, 0.5) is 9.18 Å². The predicted octanol–water partition coefficient (Wildman–Crippen LogP) is 3.71. The standard InChI is InChI=1S/C22H18ClFN2O5/c1-3-9-26-21(28)14(20(27)25-22(26)29)10-13-7-8-18(30-2)19(11-13)31-12-15-16(23)5-4-6-17(15)24/h3-8,10-11H,1,9,12H2,2H3,(H,25,27,29)/b14-10-. The van der Waals surface area contributed by atoms with E-state index in [-0.39, 0.29) is 35.1 Å². The molecule has 1 aliphatic heterocycles. The summed E-state index contributed by atoms with van der Waals surface area (Å²) in [5, 5.41) is 2.33. The van der Waals surface area contributed by atoms with Crippen molar-refractivity contribution in [3.05, 3.63) is 76.6 Å². The molecule has 0 unspecified atom stereocenters. The molecule has 2 aromatic rings.